The molecule has 0 radical (unpaired) electrons. The average Bonchev–Trinajstić information content (AvgIpc) is 3.14. The Kier molecular flexibility index (Phi) is 7.03. The molecule has 1 aromatic heterocycles. The third kappa shape index (κ3) is 4.85. The van der Waals surface area contributed by atoms with E-state index in [1.807, 2.05) is 54.6 Å². The number of nitrogens with two attached hydrogens (primary N) is 1. The summed E-state index contributed by atoms with van der Waals surface area (Å²) < 4.78 is 5.65. The van der Waals surface area contributed by atoms with Gasteiger partial charge in [-0.3, -0.25) is 19.7 Å². The van der Waals surface area contributed by atoms with Crippen LogP contribution in [0.5, 0.6) is 0 Å². The second kappa shape index (κ2) is 10.1. The summed E-state index contributed by atoms with van der Waals surface area (Å²) in [6.07, 6.45) is -3.45. The molecule has 10 nitrogen and oxygen atoms in total. The van der Waals surface area contributed by atoms with Gasteiger partial charge in [-0.2, -0.15) is 4.98 Å². The predicted molar refractivity (Wildman–Crippen MR) is 128 cm³/mol. The van der Waals surface area contributed by atoms with Crippen LogP contribution in [0.1, 0.15) is 11.1 Å². The van der Waals surface area contributed by atoms with Crippen LogP contribution in [0.15, 0.2) is 64.4 Å². The molecule has 0 saturated carbocycles. The molecule has 0 amide bonds. The lowest BCUT2D eigenvalue weighted by atomic mass is 10.0. The largest absolute Gasteiger partial charge is 0.394 e. The Morgan fingerprint density at radius 3 is 2.44 bits per heavy atom. The van der Waals surface area contributed by atoms with E-state index in [-0.39, 0.29) is 17.3 Å². The quantitative estimate of drug-likeness (QED) is 0.253. The molecule has 2 heterocycles. The van der Waals surface area contributed by atoms with E-state index in [0.717, 1.165) is 16.7 Å². The van der Waals surface area contributed by atoms with Gasteiger partial charge in [0, 0.05) is 0 Å². The normalized spacial score (nSPS) is 22.4. The van der Waals surface area contributed by atoms with Gasteiger partial charge in [0.1, 0.15) is 24.1 Å². The number of hydrogen-bond donors (Lipinski definition) is 5. The Morgan fingerprint density at radius 2 is 1.79 bits per heavy atom. The van der Waals surface area contributed by atoms with E-state index in [4.69, 9.17) is 10.5 Å². The van der Waals surface area contributed by atoms with Crippen molar-refractivity contribution in [2.24, 2.45) is 4.99 Å². The number of benzene rings is 2. The van der Waals surface area contributed by atoms with Crippen LogP contribution in [0.2, 0.25) is 0 Å². The summed E-state index contributed by atoms with van der Waals surface area (Å²) in [5.74, 6) is 0.00603. The van der Waals surface area contributed by atoms with Crippen LogP contribution in [0.3, 0.4) is 0 Å². The minimum Gasteiger partial charge on any atom is -0.394 e. The first-order valence-corrected chi connectivity index (χ1v) is 10.8. The van der Waals surface area contributed by atoms with E-state index < -0.39 is 36.7 Å². The number of ether oxygens (including phenoxy) is 1. The zero-order valence-electron chi connectivity index (χ0n) is 18.6. The number of H-pyrrole nitrogens is 1. The van der Waals surface area contributed by atoms with Gasteiger partial charge >= 0.3 is 0 Å². The molecule has 4 rings (SSSR count). The fourth-order valence-corrected chi connectivity index (χ4v) is 3.81. The topological polar surface area (TPSA) is 157 Å². The molecule has 0 aliphatic carbocycles. The van der Waals surface area contributed by atoms with Gasteiger partial charge in [0.25, 0.3) is 5.56 Å². The lowest BCUT2D eigenvalue weighted by Crippen LogP contribution is -2.45. The summed E-state index contributed by atoms with van der Waals surface area (Å²) in [5, 5.41) is 30.2. The van der Waals surface area contributed by atoms with E-state index in [0.29, 0.717) is 6.54 Å². The molecule has 1 fully saturated rings. The number of rotatable bonds is 7. The molecule has 4 atom stereocenters. The molecule has 1 aliphatic rings. The molecule has 6 N–H and O–H groups in total. The zero-order valence-corrected chi connectivity index (χ0v) is 18.6. The van der Waals surface area contributed by atoms with Crippen molar-refractivity contribution in [3.05, 3.63) is 76.1 Å². The first kappa shape index (κ1) is 23.6. The van der Waals surface area contributed by atoms with Gasteiger partial charge in [0.2, 0.25) is 5.95 Å². The Morgan fingerprint density at radius 1 is 1.12 bits per heavy atom. The fourth-order valence-electron chi connectivity index (χ4n) is 3.81. The summed E-state index contributed by atoms with van der Waals surface area (Å²) in [4.78, 5) is 24.6. The smallest absolute Gasteiger partial charge is 0.257 e. The van der Waals surface area contributed by atoms with Crippen LogP contribution in [-0.4, -0.2) is 62.8 Å². The molecule has 4 unspecified atom stereocenters. The Labute approximate surface area is 196 Å². The highest BCUT2D eigenvalue weighted by Gasteiger charge is 2.45. The molecule has 34 heavy (non-hydrogen) atoms. The van der Waals surface area contributed by atoms with E-state index in [1.54, 1.807) is 6.92 Å². The first-order chi connectivity index (χ1) is 16.4. The van der Waals surface area contributed by atoms with Gasteiger partial charge in [0.05, 0.1) is 25.1 Å². The lowest BCUT2D eigenvalue weighted by molar-refractivity contribution is -0.0191. The predicted octanol–water partition coefficient (Wildman–Crippen LogP) is 0.801. The van der Waals surface area contributed by atoms with E-state index in [9.17, 15) is 20.1 Å². The minimum atomic E-state index is -1.38. The second-order valence-corrected chi connectivity index (χ2v) is 8.06. The summed E-state index contributed by atoms with van der Waals surface area (Å²) in [7, 11) is 0. The van der Waals surface area contributed by atoms with Gasteiger partial charge < -0.3 is 25.8 Å². The van der Waals surface area contributed by atoms with Crippen molar-refractivity contribution in [3.63, 3.8) is 0 Å². The van der Waals surface area contributed by atoms with Gasteiger partial charge in [-0.05, 0) is 23.6 Å². The summed E-state index contributed by atoms with van der Waals surface area (Å²) in [6, 6.07) is 17.9. The average molecular weight is 466 g/mol. The van der Waals surface area contributed by atoms with E-state index >= 15 is 0 Å². The van der Waals surface area contributed by atoms with E-state index in [2.05, 4.69) is 15.0 Å². The Bertz CT molecular complexity index is 1200. The zero-order chi connectivity index (χ0) is 24.2. The molecule has 3 aromatic rings. The molecule has 10 heteroatoms. The maximum Gasteiger partial charge on any atom is 0.257 e. The fraction of sp³-hybridized carbons (Fsp3) is 0.292. The molecular formula is C24H27N5O5. The maximum atomic E-state index is 12.3. The number of anilines is 2. The third-order valence-electron chi connectivity index (χ3n) is 5.72. The number of nitrogen functional groups attached to an aromatic ring is 1. The van der Waals surface area contributed by atoms with Crippen molar-refractivity contribution in [3.8, 4) is 11.1 Å². The molecule has 2 aromatic carbocycles. The number of nitrogens with zero attached hydrogens (tertiary/aromatic N) is 3. The number of hydrogen-bond acceptors (Lipinski definition) is 8. The van der Waals surface area contributed by atoms with Gasteiger partial charge in [-0.1, -0.05) is 54.6 Å². The van der Waals surface area contributed by atoms with Crippen LogP contribution < -0.4 is 16.2 Å². The van der Waals surface area contributed by atoms with Crippen molar-refractivity contribution in [2.45, 2.75) is 38.0 Å². The SMILES string of the molecule is Cc1c(N(C=NCc2ccc(-c3ccccc3)cc2)C2OC(CO)C(O)C2O)nc(N)[nH]c1=O. The molecule has 1 aliphatic heterocycles. The highest BCUT2D eigenvalue weighted by molar-refractivity contribution is 5.79. The van der Waals surface area contributed by atoms with Crippen LogP contribution in [-0.2, 0) is 11.3 Å². The van der Waals surface area contributed by atoms with Gasteiger partial charge in [0.15, 0.2) is 6.23 Å². The number of aliphatic hydroxyl groups is 3. The van der Waals surface area contributed by atoms with Crippen LogP contribution in [0.25, 0.3) is 11.1 Å². The number of aliphatic hydroxyl groups excluding tert-OH is 3. The van der Waals surface area contributed by atoms with Crippen molar-refractivity contribution in [1.29, 1.82) is 0 Å². The van der Waals surface area contributed by atoms with Crippen molar-refractivity contribution >= 4 is 18.1 Å². The first-order valence-electron chi connectivity index (χ1n) is 10.8. The van der Waals surface area contributed by atoms with E-state index in [1.165, 1.54) is 11.2 Å². The van der Waals surface area contributed by atoms with Crippen molar-refractivity contribution in [1.82, 2.24) is 9.97 Å². The third-order valence-corrected chi connectivity index (χ3v) is 5.72. The summed E-state index contributed by atoms with van der Waals surface area (Å²) in [6.45, 7) is 1.36. The number of aromatic amines is 1. The molecule has 0 bridgehead atoms. The number of nitrogens with one attached hydrogen (secondary N) is 1. The monoisotopic (exact) mass is 465 g/mol. The van der Waals surface area contributed by atoms with Crippen molar-refractivity contribution in [2.75, 3.05) is 17.2 Å². The molecule has 178 valence electrons. The minimum absolute atomic E-state index is 0.118. The van der Waals surface area contributed by atoms with Crippen LogP contribution in [0.4, 0.5) is 11.8 Å². The number of aromatic nitrogens is 2. The summed E-state index contributed by atoms with van der Waals surface area (Å²) in [5.41, 5.74) is 8.64. The van der Waals surface area contributed by atoms with Crippen LogP contribution in [0, 0.1) is 6.92 Å². The summed E-state index contributed by atoms with van der Waals surface area (Å²) >= 11 is 0. The molecule has 1 saturated heterocycles. The van der Waals surface area contributed by atoms with Crippen molar-refractivity contribution < 1.29 is 20.1 Å². The van der Waals surface area contributed by atoms with Crippen LogP contribution >= 0.6 is 0 Å². The number of aliphatic imine (C=N–C) groups is 1. The second-order valence-electron chi connectivity index (χ2n) is 8.06. The highest BCUT2D eigenvalue weighted by Crippen LogP contribution is 2.28. The van der Waals surface area contributed by atoms with Gasteiger partial charge in [-0.15, -0.1) is 0 Å². The Hall–Kier alpha value is -3.57. The standard InChI is InChI=1S/C24H27N5O5/c1-14-21(27-24(25)28-22(14)33)29(23-20(32)19(31)18(12-30)34-23)13-26-11-15-7-9-17(10-8-15)16-5-3-2-4-6-16/h2-10,13,18-20,23,30-32H,11-12H2,1H3,(H3,25,27,28,33). The maximum absolute atomic E-state index is 12.3. The van der Waals surface area contributed by atoms with Gasteiger partial charge in [-0.25, -0.2) is 0 Å². The Balaban J connectivity index is 1.59. The lowest BCUT2D eigenvalue weighted by Gasteiger charge is -2.28. The highest BCUT2D eigenvalue weighted by atomic mass is 16.6. The molecule has 0 spiro atoms. The molecular weight excluding hydrogens is 438 g/mol.